The summed E-state index contributed by atoms with van der Waals surface area (Å²) in [5.41, 5.74) is 0. The first-order chi connectivity index (χ1) is 8.39. The molecule has 1 saturated carbocycles. The molecule has 5 nitrogen and oxygen atoms in total. The van der Waals surface area contributed by atoms with Gasteiger partial charge in [0.2, 0.25) is 0 Å². The Morgan fingerprint density at radius 3 is 2.44 bits per heavy atom. The minimum Gasteiger partial charge on any atom is -0.300 e. The summed E-state index contributed by atoms with van der Waals surface area (Å²) in [5, 5.41) is 7.73. The van der Waals surface area contributed by atoms with Crippen molar-refractivity contribution in [2.24, 2.45) is 5.92 Å². The molecule has 2 rings (SSSR count). The molecule has 18 heavy (non-hydrogen) atoms. The molecule has 0 bridgehead atoms. The average molecular weight is 292 g/mol. The Bertz CT molecular complexity index is 518. The van der Waals surface area contributed by atoms with Crippen molar-refractivity contribution in [1.29, 1.82) is 0 Å². The second-order valence-electron chi connectivity index (χ2n) is 5.26. The van der Waals surface area contributed by atoms with Gasteiger partial charge in [-0.2, -0.15) is 0 Å². The van der Waals surface area contributed by atoms with Crippen LogP contribution < -0.4 is 0 Å². The van der Waals surface area contributed by atoms with Crippen LogP contribution in [0.1, 0.15) is 51.3 Å². The van der Waals surface area contributed by atoms with Crippen LogP contribution in [0.2, 0.25) is 0 Å². The van der Waals surface area contributed by atoms with Crippen LogP contribution >= 0.6 is 10.7 Å². The molecule has 0 atom stereocenters. The molecule has 7 heteroatoms. The first-order valence-corrected chi connectivity index (χ1v) is 8.58. The Balaban J connectivity index is 2.43. The van der Waals surface area contributed by atoms with Crippen molar-refractivity contribution in [3.05, 3.63) is 5.82 Å². The van der Waals surface area contributed by atoms with Crippen molar-refractivity contribution < 1.29 is 8.42 Å². The lowest BCUT2D eigenvalue weighted by molar-refractivity contribution is 0.457. The first-order valence-electron chi connectivity index (χ1n) is 6.27. The first kappa shape index (κ1) is 13.8. The van der Waals surface area contributed by atoms with E-state index in [0.29, 0.717) is 18.4 Å². The van der Waals surface area contributed by atoms with Crippen molar-refractivity contribution in [2.75, 3.05) is 0 Å². The number of rotatable bonds is 4. The van der Waals surface area contributed by atoms with Gasteiger partial charge >= 0.3 is 0 Å². The third-order valence-electron chi connectivity index (χ3n) is 3.23. The maximum absolute atomic E-state index is 11.5. The second kappa shape index (κ2) is 5.17. The summed E-state index contributed by atoms with van der Waals surface area (Å²) in [6.07, 6.45) is 4.45. The highest BCUT2D eigenvalue weighted by atomic mass is 35.7. The SMILES string of the molecule is CC(C)Cn1c(C2CCCC2)nnc1S(=O)(=O)Cl. The number of halogens is 1. The van der Waals surface area contributed by atoms with Crippen molar-refractivity contribution in [3.8, 4) is 0 Å². The zero-order valence-electron chi connectivity index (χ0n) is 10.6. The topological polar surface area (TPSA) is 64.8 Å². The number of aromatic nitrogens is 3. The third kappa shape index (κ3) is 2.85. The summed E-state index contributed by atoms with van der Waals surface area (Å²) >= 11 is 0. The predicted molar refractivity (Wildman–Crippen MR) is 69.1 cm³/mol. The van der Waals surface area contributed by atoms with E-state index in [2.05, 4.69) is 10.2 Å². The number of hydrogen-bond acceptors (Lipinski definition) is 4. The van der Waals surface area contributed by atoms with Crippen LogP contribution in [0.5, 0.6) is 0 Å². The zero-order valence-corrected chi connectivity index (χ0v) is 12.2. The molecule has 0 aliphatic heterocycles. The Kier molecular flexibility index (Phi) is 3.96. The molecule has 0 unspecified atom stereocenters. The van der Waals surface area contributed by atoms with Gasteiger partial charge < -0.3 is 4.57 Å². The molecule has 0 amide bonds. The maximum atomic E-state index is 11.5. The summed E-state index contributed by atoms with van der Waals surface area (Å²) in [4.78, 5) is 0. The fraction of sp³-hybridized carbons (Fsp3) is 0.818. The molecule has 0 aromatic carbocycles. The minimum absolute atomic E-state index is 0.111. The lowest BCUT2D eigenvalue weighted by Crippen LogP contribution is -2.15. The van der Waals surface area contributed by atoms with Crippen molar-refractivity contribution in [1.82, 2.24) is 14.8 Å². The fourth-order valence-electron chi connectivity index (χ4n) is 2.50. The van der Waals surface area contributed by atoms with Crippen LogP contribution in [-0.4, -0.2) is 23.2 Å². The molecule has 0 N–H and O–H groups in total. The van der Waals surface area contributed by atoms with Crippen molar-refractivity contribution >= 4 is 19.7 Å². The maximum Gasteiger partial charge on any atom is 0.296 e. The molecule has 1 fully saturated rings. The van der Waals surface area contributed by atoms with E-state index in [1.807, 2.05) is 13.8 Å². The van der Waals surface area contributed by atoms with Crippen LogP contribution in [0.25, 0.3) is 0 Å². The van der Waals surface area contributed by atoms with E-state index in [9.17, 15) is 8.42 Å². The summed E-state index contributed by atoms with van der Waals surface area (Å²) in [7, 11) is 1.59. The molecule has 1 heterocycles. The van der Waals surface area contributed by atoms with Gasteiger partial charge in [-0.1, -0.05) is 26.7 Å². The standard InChI is InChI=1S/C11H18ClN3O2S/c1-8(2)7-15-10(9-5-3-4-6-9)13-14-11(15)18(12,16)17/h8-9H,3-7H2,1-2H3. The molecule has 0 radical (unpaired) electrons. The molecule has 1 aromatic rings. The van der Waals surface area contributed by atoms with E-state index in [1.165, 1.54) is 12.8 Å². The van der Waals surface area contributed by atoms with Gasteiger partial charge in [-0.05, 0) is 18.8 Å². The number of nitrogens with zero attached hydrogens (tertiary/aromatic N) is 3. The average Bonchev–Trinajstić information content (AvgIpc) is 2.81. The summed E-state index contributed by atoms with van der Waals surface area (Å²) in [5.74, 6) is 1.42. The lowest BCUT2D eigenvalue weighted by atomic mass is 10.1. The van der Waals surface area contributed by atoms with Gasteiger partial charge in [0, 0.05) is 23.1 Å². The molecule has 1 aliphatic carbocycles. The Hall–Kier alpha value is -0.620. The smallest absolute Gasteiger partial charge is 0.296 e. The molecule has 0 spiro atoms. The fourth-order valence-corrected chi connectivity index (χ4v) is 3.42. The highest BCUT2D eigenvalue weighted by molar-refractivity contribution is 8.13. The van der Waals surface area contributed by atoms with Crippen LogP contribution in [-0.2, 0) is 15.6 Å². The van der Waals surface area contributed by atoms with E-state index in [0.717, 1.165) is 18.7 Å². The van der Waals surface area contributed by atoms with E-state index >= 15 is 0 Å². The van der Waals surface area contributed by atoms with Crippen LogP contribution in [0.15, 0.2) is 5.16 Å². The monoisotopic (exact) mass is 291 g/mol. The highest BCUT2D eigenvalue weighted by Crippen LogP contribution is 2.34. The summed E-state index contributed by atoms with van der Waals surface area (Å²) < 4.78 is 24.7. The van der Waals surface area contributed by atoms with Gasteiger partial charge in [0.1, 0.15) is 5.82 Å². The third-order valence-corrected chi connectivity index (χ3v) is 4.38. The van der Waals surface area contributed by atoms with Gasteiger partial charge in [0.25, 0.3) is 14.2 Å². The largest absolute Gasteiger partial charge is 0.300 e. The predicted octanol–water partition coefficient (Wildman–Crippen LogP) is 2.52. The summed E-state index contributed by atoms with van der Waals surface area (Å²) in [6.45, 7) is 4.65. The van der Waals surface area contributed by atoms with Gasteiger partial charge in [-0.3, -0.25) is 0 Å². The quantitative estimate of drug-likeness (QED) is 0.800. The molecule has 0 saturated heterocycles. The van der Waals surface area contributed by atoms with Crippen LogP contribution in [0, 0.1) is 5.92 Å². The number of hydrogen-bond donors (Lipinski definition) is 0. The van der Waals surface area contributed by atoms with Gasteiger partial charge in [0.05, 0.1) is 0 Å². The normalized spacial score (nSPS) is 17.8. The van der Waals surface area contributed by atoms with Crippen LogP contribution in [0.3, 0.4) is 0 Å². The molecular formula is C11H18ClN3O2S. The zero-order chi connectivity index (χ0) is 13.3. The van der Waals surface area contributed by atoms with E-state index in [4.69, 9.17) is 10.7 Å². The van der Waals surface area contributed by atoms with Gasteiger partial charge in [-0.15, -0.1) is 10.2 Å². The Morgan fingerprint density at radius 2 is 1.94 bits per heavy atom. The molecule has 1 aliphatic rings. The van der Waals surface area contributed by atoms with Gasteiger partial charge in [0.15, 0.2) is 0 Å². The van der Waals surface area contributed by atoms with E-state index in [-0.39, 0.29) is 5.16 Å². The van der Waals surface area contributed by atoms with Crippen LogP contribution in [0.4, 0.5) is 0 Å². The molecular weight excluding hydrogens is 274 g/mol. The van der Waals surface area contributed by atoms with E-state index in [1.54, 1.807) is 4.57 Å². The molecule has 102 valence electrons. The van der Waals surface area contributed by atoms with Crippen molar-refractivity contribution in [2.45, 2.75) is 57.1 Å². The highest BCUT2D eigenvalue weighted by Gasteiger charge is 2.28. The Morgan fingerprint density at radius 1 is 1.33 bits per heavy atom. The second-order valence-corrected chi connectivity index (χ2v) is 7.72. The summed E-state index contributed by atoms with van der Waals surface area (Å²) in [6, 6.07) is 0. The van der Waals surface area contributed by atoms with Crippen molar-refractivity contribution in [3.63, 3.8) is 0 Å². The van der Waals surface area contributed by atoms with E-state index < -0.39 is 9.05 Å². The van der Waals surface area contributed by atoms with Gasteiger partial charge in [-0.25, -0.2) is 8.42 Å². The lowest BCUT2D eigenvalue weighted by Gasteiger charge is -2.14. The Labute approximate surface area is 112 Å². The molecule has 1 aromatic heterocycles. The minimum atomic E-state index is -3.83.